The molecule has 1 saturated carbocycles. The Hall–Kier alpha value is 0.660. The molecular formula is C16H31NS2. The molecule has 0 spiro atoms. The van der Waals surface area contributed by atoms with Gasteiger partial charge in [-0.05, 0) is 31.7 Å². The van der Waals surface area contributed by atoms with E-state index in [-0.39, 0.29) is 0 Å². The number of hydrogen-bond acceptors (Lipinski definition) is 3. The van der Waals surface area contributed by atoms with Gasteiger partial charge in [-0.3, -0.25) is 0 Å². The van der Waals surface area contributed by atoms with Crippen LogP contribution in [0.1, 0.15) is 52.9 Å². The molecule has 2 fully saturated rings. The van der Waals surface area contributed by atoms with Crippen LogP contribution in [-0.2, 0) is 0 Å². The summed E-state index contributed by atoms with van der Waals surface area (Å²) in [6, 6.07) is 0.741. The fraction of sp³-hybridized carbons (Fsp3) is 1.00. The summed E-state index contributed by atoms with van der Waals surface area (Å²) in [6.45, 7) is 7.16. The summed E-state index contributed by atoms with van der Waals surface area (Å²) in [4.78, 5) is 0. The molecule has 0 radical (unpaired) electrons. The quantitative estimate of drug-likeness (QED) is 0.825. The van der Waals surface area contributed by atoms with Gasteiger partial charge in [-0.1, -0.05) is 40.0 Å². The highest BCUT2D eigenvalue weighted by atomic mass is 32.2. The van der Waals surface area contributed by atoms with Crippen LogP contribution in [0.15, 0.2) is 0 Å². The summed E-state index contributed by atoms with van der Waals surface area (Å²) < 4.78 is 0. The predicted octanol–water partition coefficient (Wildman–Crippen LogP) is 4.42. The molecule has 1 N–H and O–H groups in total. The SMILES string of the molecule is CCC1CCC(C(NC)C2CSC(C)C(C)S2)CC1. The van der Waals surface area contributed by atoms with Crippen molar-refractivity contribution in [2.75, 3.05) is 12.8 Å². The number of thioether (sulfide) groups is 2. The molecule has 0 aromatic rings. The molecule has 0 aromatic heterocycles. The second kappa shape index (κ2) is 7.61. The van der Waals surface area contributed by atoms with Crippen LogP contribution in [-0.4, -0.2) is 34.6 Å². The third-order valence-electron chi connectivity index (χ3n) is 5.28. The third-order valence-corrected chi connectivity index (χ3v) is 8.80. The smallest absolute Gasteiger partial charge is 0.0297 e. The van der Waals surface area contributed by atoms with Crippen molar-refractivity contribution in [1.82, 2.24) is 5.32 Å². The molecule has 0 bridgehead atoms. The Morgan fingerprint density at radius 1 is 1.11 bits per heavy atom. The highest BCUT2D eigenvalue weighted by molar-refractivity contribution is 8.07. The maximum Gasteiger partial charge on any atom is 0.0297 e. The van der Waals surface area contributed by atoms with Gasteiger partial charge in [0.25, 0.3) is 0 Å². The van der Waals surface area contributed by atoms with Crippen molar-refractivity contribution in [3.05, 3.63) is 0 Å². The van der Waals surface area contributed by atoms with Crippen LogP contribution in [0, 0.1) is 11.8 Å². The second-order valence-electron chi connectivity index (χ2n) is 6.42. The molecule has 3 heteroatoms. The van der Waals surface area contributed by atoms with Gasteiger partial charge < -0.3 is 5.32 Å². The molecule has 2 aliphatic rings. The summed E-state index contributed by atoms with van der Waals surface area (Å²) in [5, 5.41) is 6.14. The lowest BCUT2D eigenvalue weighted by Crippen LogP contribution is -2.47. The molecule has 1 aliphatic heterocycles. The first-order chi connectivity index (χ1) is 9.15. The van der Waals surface area contributed by atoms with Crippen LogP contribution in [0.5, 0.6) is 0 Å². The average molecular weight is 302 g/mol. The maximum atomic E-state index is 3.68. The van der Waals surface area contributed by atoms with Crippen molar-refractivity contribution in [1.29, 1.82) is 0 Å². The summed E-state index contributed by atoms with van der Waals surface area (Å²) in [7, 11) is 2.19. The van der Waals surface area contributed by atoms with Crippen molar-refractivity contribution >= 4 is 23.5 Å². The Balaban J connectivity index is 1.89. The van der Waals surface area contributed by atoms with E-state index in [2.05, 4.69) is 56.7 Å². The van der Waals surface area contributed by atoms with Gasteiger partial charge >= 0.3 is 0 Å². The molecule has 1 aliphatic carbocycles. The fourth-order valence-electron chi connectivity index (χ4n) is 3.68. The Kier molecular flexibility index (Phi) is 6.42. The van der Waals surface area contributed by atoms with Gasteiger partial charge in [-0.2, -0.15) is 23.5 Å². The Bertz CT molecular complexity index is 263. The summed E-state index contributed by atoms with van der Waals surface area (Å²) in [6.07, 6.45) is 7.23. The molecule has 112 valence electrons. The first-order valence-corrected chi connectivity index (χ1v) is 10.1. The van der Waals surface area contributed by atoms with E-state index in [0.717, 1.165) is 33.6 Å². The van der Waals surface area contributed by atoms with Gasteiger partial charge in [0, 0.05) is 27.5 Å². The highest BCUT2D eigenvalue weighted by Gasteiger charge is 2.35. The maximum absolute atomic E-state index is 3.68. The molecule has 1 heterocycles. The number of hydrogen-bond donors (Lipinski definition) is 1. The van der Waals surface area contributed by atoms with E-state index >= 15 is 0 Å². The Labute approximate surface area is 128 Å². The third kappa shape index (κ3) is 4.07. The number of nitrogens with one attached hydrogen (secondary N) is 1. The first kappa shape index (κ1) is 16.0. The molecule has 4 unspecified atom stereocenters. The van der Waals surface area contributed by atoms with E-state index in [0.29, 0.717) is 0 Å². The highest BCUT2D eigenvalue weighted by Crippen LogP contribution is 2.41. The summed E-state index contributed by atoms with van der Waals surface area (Å²) in [5.74, 6) is 3.28. The van der Waals surface area contributed by atoms with Crippen LogP contribution >= 0.6 is 23.5 Å². The zero-order valence-corrected chi connectivity index (χ0v) is 14.7. The van der Waals surface area contributed by atoms with Crippen molar-refractivity contribution in [2.24, 2.45) is 11.8 Å². The molecule has 2 rings (SSSR count). The van der Waals surface area contributed by atoms with Crippen molar-refractivity contribution in [2.45, 2.75) is 74.7 Å². The van der Waals surface area contributed by atoms with Gasteiger partial charge in [-0.25, -0.2) is 0 Å². The van der Waals surface area contributed by atoms with E-state index in [4.69, 9.17) is 0 Å². The molecule has 0 aromatic carbocycles. The van der Waals surface area contributed by atoms with Gasteiger partial charge in [0.1, 0.15) is 0 Å². The standard InChI is InChI=1S/C16H31NS2/c1-5-13-6-8-14(9-7-13)16(17-4)15-10-18-11(2)12(3)19-15/h11-17H,5-10H2,1-4H3. The van der Waals surface area contributed by atoms with Crippen LogP contribution in [0.4, 0.5) is 0 Å². The van der Waals surface area contributed by atoms with Crippen LogP contribution < -0.4 is 5.32 Å². The molecule has 4 atom stereocenters. The Morgan fingerprint density at radius 2 is 1.79 bits per heavy atom. The van der Waals surface area contributed by atoms with Crippen LogP contribution in [0.3, 0.4) is 0 Å². The van der Waals surface area contributed by atoms with Crippen LogP contribution in [0.25, 0.3) is 0 Å². The second-order valence-corrected chi connectivity index (χ2v) is 9.45. The summed E-state index contributed by atoms with van der Waals surface area (Å²) in [5.41, 5.74) is 0. The average Bonchev–Trinajstić information content (AvgIpc) is 2.44. The largest absolute Gasteiger partial charge is 0.316 e. The lowest BCUT2D eigenvalue weighted by Gasteiger charge is -2.41. The van der Waals surface area contributed by atoms with E-state index in [9.17, 15) is 0 Å². The lowest BCUT2D eigenvalue weighted by atomic mass is 9.77. The normalized spacial score (nSPS) is 42.0. The van der Waals surface area contributed by atoms with Crippen molar-refractivity contribution < 1.29 is 0 Å². The molecule has 0 amide bonds. The van der Waals surface area contributed by atoms with E-state index in [1.165, 1.54) is 37.9 Å². The van der Waals surface area contributed by atoms with E-state index < -0.39 is 0 Å². The lowest BCUT2D eigenvalue weighted by molar-refractivity contribution is 0.222. The van der Waals surface area contributed by atoms with Crippen molar-refractivity contribution in [3.63, 3.8) is 0 Å². The van der Waals surface area contributed by atoms with E-state index in [1.807, 2.05) is 0 Å². The van der Waals surface area contributed by atoms with Gasteiger partial charge in [0.15, 0.2) is 0 Å². The van der Waals surface area contributed by atoms with Crippen LogP contribution in [0.2, 0.25) is 0 Å². The fourth-order valence-corrected chi connectivity index (χ4v) is 6.93. The van der Waals surface area contributed by atoms with Gasteiger partial charge in [-0.15, -0.1) is 0 Å². The minimum absolute atomic E-state index is 0.741. The van der Waals surface area contributed by atoms with Gasteiger partial charge in [0.2, 0.25) is 0 Å². The molecule has 19 heavy (non-hydrogen) atoms. The molecule has 1 saturated heterocycles. The van der Waals surface area contributed by atoms with Gasteiger partial charge in [0.05, 0.1) is 0 Å². The Morgan fingerprint density at radius 3 is 2.32 bits per heavy atom. The zero-order valence-electron chi connectivity index (χ0n) is 13.0. The monoisotopic (exact) mass is 301 g/mol. The minimum atomic E-state index is 0.741. The summed E-state index contributed by atoms with van der Waals surface area (Å²) >= 11 is 4.43. The molecular weight excluding hydrogens is 270 g/mol. The zero-order chi connectivity index (χ0) is 13.8. The van der Waals surface area contributed by atoms with E-state index in [1.54, 1.807) is 0 Å². The molecule has 1 nitrogen and oxygen atoms in total. The first-order valence-electron chi connectivity index (χ1n) is 8.10. The van der Waals surface area contributed by atoms with Crippen molar-refractivity contribution in [3.8, 4) is 0 Å². The number of rotatable bonds is 4. The topological polar surface area (TPSA) is 12.0 Å². The minimum Gasteiger partial charge on any atom is -0.316 e. The predicted molar refractivity (Wildman–Crippen MR) is 91.3 cm³/mol.